The standard InChI is InChI=1S/C18H25N3/c1-14-7-9-16(10-8-14)18(15(2)19)21(3)13-11-17-6-4-5-12-20-17/h4-10,12,15,18H,11,13,19H2,1-3H3. The van der Waals surface area contributed by atoms with E-state index in [1.165, 1.54) is 11.1 Å². The second kappa shape index (κ2) is 7.34. The lowest BCUT2D eigenvalue weighted by Crippen LogP contribution is -2.38. The summed E-state index contributed by atoms with van der Waals surface area (Å²) in [5.74, 6) is 0. The third-order valence-corrected chi connectivity index (χ3v) is 3.84. The molecule has 1 aromatic heterocycles. The second-order valence-electron chi connectivity index (χ2n) is 5.77. The lowest BCUT2D eigenvalue weighted by molar-refractivity contribution is 0.221. The van der Waals surface area contributed by atoms with Crippen molar-refractivity contribution < 1.29 is 0 Å². The van der Waals surface area contributed by atoms with E-state index in [1.807, 2.05) is 18.3 Å². The van der Waals surface area contributed by atoms with Crippen molar-refractivity contribution in [3.05, 3.63) is 65.5 Å². The van der Waals surface area contributed by atoms with Gasteiger partial charge in [-0.3, -0.25) is 9.88 Å². The number of hydrogen-bond acceptors (Lipinski definition) is 3. The van der Waals surface area contributed by atoms with Crippen molar-refractivity contribution in [2.24, 2.45) is 5.73 Å². The molecular weight excluding hydrogens is 258 g/mol. The normalized spacial score (nSPS) is 14.1. The SMILES string of the molecule is Cc1ccc(C(C(C)N)N(C)CCc2ccccn2)cc1. The van der Waals surface area contributed by atoms with Crippen LogP contribution in [0.25, 0.3) is 0 Å². The van der Waals surface area contributed by atoms with Gasteiger partial charge in [0.2, 0.25) is 0 Å². The van der Waals surface area contributed by atoms with E-state index in [9.17, 15) is 0 Å². The first kappa shape index (κ1) is 15.7. The molecule has 1 heterocycles. The van der Waals surface area contributed by atoms with Gasteiger partial charge < -0.3 is 5.73 Å². The van der Waals surface area contributed by atoms with Crippen molar-refractivity contribution in [3.63, 3.8) is 0 Å². The van der Waals surface area contributed by atoms with Gasteiger partial charge in [-0.25, -0.2) is 0 Å². The Morgan fingerprint density at radius 2 is 1.86 bits per heavy atom. The molecule has 0 saturated carbocycles. The lowest BCUT2D eigenvalue weighted by Gasteiger charge is -2.31. The van der Waals surface area contributed by atoms with Crippen LogP contribution in [0.3, 0.4) is 0 Å². The van der Waals surface area contributed by atoms with Crippen LogP contribution in [0.1, 0.15) is 29.8 Å². The zero-order valence-corrected chi connectivity index (χ0v) is 13.2. The molecule has 2 unspecified atom stereocenters. The largest absolute Gasteiger partial charge is 0.326 e. The van der Waals surface area contributed by atoms with E-state index in [1.54, 1.807) is 0 Å². The monoisotopic (exact) mass is 283 g/mol. The van der Waals surface area contributed by atoms with Gasteiger partial charge in [0.1, 0.15) is 0 Å². The molecule has 0 aliphatic heterocycles. The summed E-state index contributed by atoms with van der Waals surface area (Å²) in [6, 6.07) is 15.0. The van der Waals surface area contributed by atoms with Crippen molar-refractivity contribution in [1.82, 2.24) is 9.88 Å². The van der Waals surface area contributed by atoms with E-state index >= 15 is 0 Å². The molecular formula is C18H25N3. The van der Waals surface area contributed by atoms with Crippen LogP contribution in [-0.4, -0.2) is 29.5 Å². The summed E-state index contributed by atoms with van der Waals surface area (Å²) in [6.07, 6.45) is 2.78. The van der Waals surface area contributed by atoms with Crippen LogP contribution in [0.5, 0.6) is 0 Å². The number of nitrogens with zero attached hydrogens (tertiary/aromatic N) is 2. The number of aryl methyl sites for hydroxylation is 1. The first-order valence-electron chi connectivity index (χ1n) is 7.50. The van der Waals surface area contributed by atoms with E-state index < -0.39 is 0 Å². The number of aromatic nitrogens is 1. The predicted molar refractivity (Wildman–Crippen MR) is 88.1 cm³/mol. The molecule has 0 spiro atoms. The minimum atomic E-state index is 0.0847. The van der Waals surface area contributed by atoms with E-state index in [4.69, 9.17) is 5.73 Å². The fourth-order valence-electron chi connectivity index (χ4n) is 2.70. The van der Waals surface area contributed by atoms with Gasteiger partial charge >= 0.3 is 0 Å². The summed E-state index contributed by atoms with van der Waals surface area (Å²) in [7, 11) is 2.14. The van der Waals surface area contributed by atoms with Crippen molar-refractivity contribution in [1.29, 1.82) is 0 Å². The van der Waals surface area contributed by atoms with Gasteiger partial charge in [-0.1, -0.05) is 35.9 Å². The number of hydrogen-bond donors (Lipinski definition) is 1. The summed E-state index contributed by atoms with van der Waals surface area (Å²) in [4.78, 5) is 6.70. The number of rotatable bonds is 6. The number of nitrogens with two attached hydrogens (primary N) is 1. The molecule has 2 atom stereocenters. The van der Waals surface area contributed by atoms with Gasteiger partial charge in [0.05, 0.1) is 0 Å². The molecule has 2 N–H and O–H groups in total. The molecule has 3 nitrogen and oxygen atoms in total. The third-order valence-electron chi connectivity index (χ3n) is 3.84. The Hall–Kier alpha value is -1.71. The van der Waals surface area contributed by atoms with E-state index in [-0.39, 0.29) is 12.1 Å². The maximum atomic E-state index is 6.22. The Labute approximate surface area is 127 Å². The number of pyridine rings is 1. The van der Waals surface area contributed by atoms with Crippen molar-refractivity contribution >= 4 is 0 Å². The minimum Gasteiger partial charge on any atom is -0.326 e. The molecule has 0 fully saturated rings. The molecule has 0 aliphatic rings. The average molecular weight is 283 g/mol. The Kier molecular flexibility index (Phi) is 5.48. The van der Waals surface area contributed by atoms with Crippen LogP contribution in [0.2, 0.25) is 0 Å². The van der Waals surface area contributed by atoms with Crippen LogP contribution in [0, 0.1) is 6.92 Å². The topological polar surface area (TPSA) is 42.1 Å². The highest BCUT2D eigenvalue weighted by atomic mass is 15.1. The Morgan fingerprint density at radius 3 is 2.43 bits per heavy atom. The molecule has 21 heavy (non-hydrogen) atoms. The van der Waals surface area contributed by atoms with Crippen LogP contribution in [0.4, 0.5) is 0 Å². The van der Waals surface area contributed by atoms with E-state index in [0.717, 1.165) is 18.7 Å². The molecule has 112 valence electrons. The average Bonchev–Trinajstić information content (AvgIpc) is 2.48. The first-order valence-corrected chi connectivity index (χ1v) is 7.50. The fourth-order valence-corrected chi connectivity index (χ4v) is 2.70. The van der Waals surface area contributed by atoms with E-state index in [2.05, 4.69) is 61.1 Å². The van der Waals surface area contributed by atoms with Gasteiger partial charge in [-0.2, -0.15) is 0 Å². The molecule has 0 amide bonds. The van der Waals surface area contributed by atoms with Crippen LogP contribution in [0.15, 0.2) is 48.7 Å². The zero-order chi connectivity index (χ0) is 15.2. The highest BCUT2D eigenvalue weighted by molar-refractivity contribution is 5.25. The summed E-state index contributed by atoms with van der Waals surface area (Å²) in [6.45, 7) is 5.12. The smallest absolute Gasteiger partial charge is 0.0493 e. The molecule has 0 bridgehead atoms. The van der Waals surface area contributed by atoms with E-state index in [0.29, 0.717) is 0 Å². The molecule has 3 heteroatoms. The molecule has 0 saturated heterocycles. The first-order chi connectivity index (χ1) is 10.1. The zero-order valence-electron chi connectivity index (χ0n) is 13.2. The highest BCUT2D eigenvalue weighted by Gasteiger charge is 2.20. The maximum absolute atomic E-state index is 6.22. The van der Waals surface area contributed by atoms with Gasteiger partial charge in [-0.05, 0) is 38.6 Å². The fraction of sp³-hybridized carbons (Fsp3) is 0.389. The summed E-state index contributed by atoms with van der Waals surface area (Å²) in [5.41, 5.74) is 9.89. The molecule has 0 aliphatic carbocycles. The van der Waals surface area contributed by atoms with Gasteiger partial charge in [-0.15, -0.1) is 0 Å². The Bertz CT molecular complexity index is 534. The Balaban J connectivity index is 2.05. The van der Waals surface area contributed by atoms with Crippen molar-refractivity contribution in [2.45, 2.75) is 32.4 Å². The molecule has 2 aromatic rings. The minimum absolute atomic E-state index is 0.0847. The summed E-state index contributed by atoms with van der Waals surface area (Å²) >= 11 is 0. The quantitative estimate of drug-likeness (QED) is 0.886. The lowest BCUT2D eigenvalue weighted by atomic mass is 9.98. The summed E-state index contributed by atoms with van der Waals surface area (Å²) < 4.78 is 0. The number of likely N-dealkylation sites (N-methyl/N-ethyl adjacent to an activating group) is 1. The Morgan fingerprint density at radius 1 is 1.14 bits per heavy atom. The number of benzene rings is 1. The van der Waals surface area contributed by atoms with Crippen LogP contribution in [-0.2, 0) is 6.42 Å². The van der Waals surface area contributed by atoms with Gasteiger partial charge in [0.25, 0.3) is 0 Å². The van der Waals surface area contributed by atoms with Crippen LogP contribution >= 0.6 is 0 Å². The predicted octanol–water partition coefficient (Wildman–Crippen LogP) is 2.95. The van der Waals surface area contributed by atoms with Gasteiger partial charge in [0, 0.05) is 36.9 Å². The highest BCUT2D eigenvalue weighted by Crippen LogP contribution is 2.22. The van der Waals surface area contributed by atoms with Gasteiger partial charge in [0.15, 0.2) is 0 Å². The van der Waals surface area contributed by atoms with Crippen LogP contribution < -0.4 is 5.73 Å². The maximum Gasteiger partial charge on any atom is 0.0493 e. The van der Waals surface area contributed by atoms with Crippen molar-refractivity contribution in [3.8, 4) is 0 Å². The molecule has 2 rings (SSSR count). The summed E-state index contributed by atoms with van der Waals surface area (Å²) in [5, 5.41) is 0. The van der Waals surface area contributed by atoms with Crippen molar-refractivity contribution in [2.75, 3.05) is 13.6 Å². The third kappa shape index (κ3) is 4.38. The molecule has 0 radical (unpaired) electrons. The second-order valence-corrected chi connectivity index (χ2v) is 5.77. The molecule has 1 aromatic carbocycles.